The van der Waals surface area contributed by atoms with E-state index < -0.39 is 0 Å². The highest BCUT2D eigenvalue weighted by molar-refractivity contribution is 6.35. The van der Waals surface area contributed by atoms with Gasteiger partial charge in [0, 0.05) is 16.1 Å². The summed E-state index contributed by atoms with van der Waals surface area (Å²) in [5.41, 5.74) is 2.07. The van der Waals surface area contributed by atoms with Gasteiger partial charge in [0.1, 0.15) is 0 Å². The van der Waals surface area contributed by atoms with E-state index in [1.165, 1.54) is 5.56 Å². The van der Waals surface area contributed by atoms with Gasteiger partial charge in [0.2, 0.25) is 5.91 Å². The number of nitrogens with one attached hydrogen (secondary N) is 1. The lowest BCUT2D eigenvalue weighted by Crippen LogP contribution is -2.34. The van der Waals surface area contributed by atoms with Gasteiger partial charge >= 0.3 is 0 Å². The highest BCUT2D eigenvalue weighted by Gasteiger charge is 2.10. The van der Waals surface area contributed by atoms with E-state index in [1.54, 1.807) is 18.2 Å². The molecule has 1 amide bonds. The predicted octanol–water partition coefficient (Wildman–Crippen LogP) is 4.67. The summed E-state index contributed by atoms with van der Waals surface area (Å²) in [7, 11) is 0. The molecule has 2 rings (SSSR count). The number of rotatable bonds is 6. The lowest BCUT2D eigenvalue weighted by molar-refractivity contribution is -0.121. The Morgan fingerprint density at radius 3 is 2.55 bits per heavy atom. The van der Waals surface area contributed by atoms with Crippen LogP contribution >= 0.6 is 23.2 Å². The molecule has 0 saturated heterocycles. The highest BCUT2D eigenvalue weighted by atomic mass is 35.5. The van der Waals surface area contributed by atoms with Crippen LogP contribution in [-0.2, 0) is 17.6 Å². The number of amides is 1. The fourth-order valence-electron chi connectivity index (χ4n) is 2.26. The van der Waals surface area contributed by atoms with Gasteiger partial charge in [-0.15, -0.1) is 0 Å². The highest BCUT2D eigenvalue weighted by Crippen LogP contribution is 2.21. The van der Waals surface area contributed by atoms with E-state index in [0.717, 1.165) is 18.4 Å². The molecule has 0 aliphatic rings. The van der Waals surface area contributed by atoms with Gasteiger partial charge in [-0.3, -0.25) is 4.79 Å². The van der Waals surface area contributed by atoms with E-state index in [9.17, 15) is 4.79 Å². The molecule has 22 heavy (non-hydrogen) atoms. The third-order valence-corrected chi connectivity index (χ3v) is 4.07. The van der Waals surface area contributed by atoms with Crippen molar-refractivity contribution in [2.45, 2.75) is 32.2 Å². The number of benzene rings is 2. The minimum absolute atomic E-state index is 0.0233. The summed E-state index contributed by atoms with van der Waals surface area (Å²) >= 11 is 11.9. The fraction of sp³-hybridized carbons (Fsp3) is 0.278. The molecule has 4 heteroatoms. The van der Waals surface area contributed by atoms with Crippen LogP contribution in [0.3, 0.4) is 0 Å². The third-order valence-electron chi connectivity index (χ3n) is 3.48. The number of carbonyl (C=O) groups excluding carboxylic acids is 1. The van der Waals surface area contributed by atoms with E-state index in [0.29, 0.717) is 10.0 Å². The first kappa shape index (κ1) is 16.9. The van der Waals surface area contributed by atoms with Crippen molar-refractivity contribution in [3.05, 3.63) is 69.7 Å². The predicted molar refractivity (Wildman–Crippen MR) is 92.5 cm³/mol. The molecular formula is C18H19Cl2NO. The van der Waals surface area contributed by atoms with Crippen molar-refractivity contribution in [2.24, 2.45) is 0 Å². The van der Waals surface area contributed by atoms with Gasteiger partial charge in [-0.1, -0.05) is 59.6 Å². The van der Waals surface area contributed by atoms with E-state index in [1.807, 2.05) is 25.1 Å². The normalized spacial score (nSPS) is 12.0. The molecule has 0 fully saturated rings. The summed E-state index contributed by atoms with van der Waals surface area (Å²) in [4.78, 5) is 12.1. The molecule has 0 spiro atoms. The van der Waals surface area contributed by atoms with Gasteiger partial charge in [0.05, 0.1) is 6.42 Å². The summed E-state index contributed by atoms with van der Waals surface area (Å²) in [5.74, 6) is -0.0233. The minimum Gasteiger partial charge on any atom is -0.353 e. The van der Waals surface area contributed by atoms with Crippen molar-refractivity contribution >= 4 is 29.1 Å². The number of halogens is 2. The lowest BCUT2D eigenvalue weighted by Gasteiger charge is -2.14. The van der Waals surface area contributed by atoms with Crippen LogP contribution in [0.25, 0.3) is 0 Å². The lowest BCUT2D eigenvalue weighted by atomic mass is 10.1. The molecule has 2 aromatic rings. The second kappa shape index (κ2) is 8.21. The smallest absolute Gasteiger partial charge is 0.224 e. The standard InChI is InChI=1S/C18H19Cl2NO/c1-13(7-8-14-5-3-2-4-6-14)21-18(22)11-15-9-10-16(19)12-17(15)20/h2-6,9-10,12-13H,7-8,11H2,1H3,(H,21,22). The molecule has 2 aromatic carbocycles. The molecule has 0 saturated carbocycles. The molecular weight excluding hydrogens is 317 g/mol. The van der Waals surface area contributed by atoms with Crippen LogP contribution in [0.5, 0.6) is 0 Å². The number of hydrogen-bond donors (Lipinski definition) is 1. The first-order valence-corrected chi connectivity index (χ1v) is 8.07. The fourth-order valence-corrected chi connectivity index (χ4v) is 2.74. The molecule has 0 aromatic heterocycles. The Kier molecular flexibility index (Phi) is 6.29. The second-order valence-corrected chi connectivity index (χ2v) is 6.25. The van der Waals surface area contributed by atoms with E-state index >= 15 is 0 Å². The first-order chi connectivity index (χ1) is 10.5. The molecule has 0 radical (unpaired) electrons. The van der Waals surface area contributed by atoms with E-state index in [-0.39, 0.29) is 18.4 Å². The number of aryl methyl sites for hydroxylation is 1. The maximum absolute atomic E-state index is 12.1. The number of carbonyl (C=O) groups is 1. The van der Waals surface area contributed by atoms with Gasteiger partial charge < -0.3 is 5.32 Å². The average Bonchev–Trinajstić information content (AvgIpc) is 2.49. The Balaban J connectivity index is 1.81. The Morgan fingerprint density at radius 1 is 1.14 bits per heavy atom. The molecule has 116 valence electrons. The summed E-state index contributed by atoms with van der Waals surface area (Å²) in [6.45, 7) is 2.02. The largest absolute Gasteiger partial charge is 0.353 e. The SMILES string of the molecule is CC(CCc1ccccc1)NC(=O)Cc1ccc(Cl)cc1Cl. The van der Waals surface area contributed by atoms with Crippen LogP contribution in [0.15, 0.2) is 48.5 Å². The van der Waals surface area contributed by atoms with Gasteiger partial charge in [-0.25, -0.2) is 0 Å². The second-order valence-electron chi connectivity index (χ2n) is 5.41. The summed E-state index contributed by atoms with van der Waals surface area (Å²) < 4.78 is 0. The Morgan fingerprint density at radius 2 is 1.86 bits per heavy atom. The molecule has 1 atom stereocenters. The van der Waals surface area contributed by atoms with E-state index in [2.05, 4.69) is 17.4 Å². The Hall–Kier alpha value is -1.51. The van der Waals surface area contributed by atoms with Crippen LogP contribution in [0, 0.1) is 0 Å². The molecule has 2 nitrogen and oxygen atoms in total. The quantitative estimate of drug-likeness (QED) is 0.816. The topological polar surface area (TPSA) is 29.1 Å². The summed E-state index contributed by atoms with van der Waals surface area (Å²) in [6, 6.07) is 15.6. The zero-order valence-electron chi connectivity index (χ0n) is 12.5. The maximum Gasteiger partial charge on any atom is 0.224 e. The van der Waals surface area contributed by atoms with Crippen LogP contribution in [0.1, 0.15) is 24.5 Å². The average molecular weight is 336 g/mol. The van der Waals surface area contributed by atoms with Crippen molar-refractivity contribution in [3.8, 4) is 0 Å². The number of hydrogen-bond acceptors (Lipinski definition) is 1. The van der Waals surface area contributed by atoms with Gasteiger partial charge in [-0.05, 0) is 43.0 Å². The van der Waals surface area contributed by atoms with Gasteiger partial charge in [0.25, 0.3) is 0 Å². The van der Waals surface area contributed by atoms with Crippen molar-refractivity contribution in [2.75, 3.05) is 0 Å². The van der Waals surface area contributed by atoms with Crippen LogP contribution in [-0.4, -0.2) is 11.9 Å². The van der Waals surface area contributed by atoms with Gasteiger partial charge in [-0.2, -0.15) is 0 Å². The summed E-state index contributed by atoms with van der Waals surface area (Å²) in [5, 5.41) is 4.11. The Bertz CT molecular complexity index is 628. The van der Waals surface area contributed by atoms with Crippen LogP contribution in [0.2, 0.25) is 10.0 Å². The van der Waals surface area contributed by atoms with Crippen molar-refractivity contribution in [3.63, 3.8) is 0 Å². The molecule has 0 aliphatic heterocycles. The van der Waals surface area contributed by atoms with Crippen molar-refractivity contribution in [1.29, 1.82) is 0 Å². The Labute approximate surface area is 141 Å². The van der Waals surface area contributed by atoms with Crippen molar-refractivity contribution in [1.82, 2.24) is 5.32 Å². The molecule has 1 N–H and O–H groups in total. The third kappa shape index (κ3) is 5.36. The monoisotopic (exact) mass is 335 g/mol. The molecule has 0 heterocycles. The van der Waals surface area contributed by atoms with E-state index in [4.69, 9.17) is 23.2 Å². The molecule has 0 bridgehead atoms. The zero-order valence-corrected chi connectivity index (χ0v) is 14.0. The first-order valence-electron chi connectivity index (χ1n) is 7.32. The minimum atomic E-state index is -0.0233. The van der Waals surface area contributed by atoms with Crippen LogP contribution in [0.4, 0.5) is 0 Å². The van der Waals surface area contributed by atoms with Gasteiger partial charge in [0.15, 0.2) is 0 Å². The molecule has 0 aliphatic carbocycles. The maximum atomic E-state index is 12.1. The molecule has 1 unspecified atom stereocenters. The summed E-state index contributed by atoms with van der Waals surface area (Å²) in [6.07, 6.45) is 2.12. The van der Waals surface area contributed by atoms with Crippen molar-refractivity contribution < 1.29 is 4.79 Å². The zero-order chi connectivity index (χ0) is 15.9. The van der Waals surface area contributed by atoms with Crippen LogP contribution < -0.4 is 5.32 Å².